The van der Waals surface area contributed by atoms with E-state index in [2.05, 4.69) is 35.3 Å². The van der Waals surface area contributed by atoms with Gasteiger partial charge in [0, 0.05) is 31.0 Å². The molecule has 0 bridgehead atoms. The van der Waals surface area contributed by atoms with Crippen molar-refractivity contribution >= 4 is 28.6 Å². The number of carbonyl (C=O) groups is 1. The standard InChI is InChI=1S/C24H26N4O2S/c1-4-21-20(19-12-8-9-13-22(19)30-21)15-27(3)23(29)16-31-24-26-25-17(2)28(24)14-18-10-6-5-7-11-18/h5-13H,4,14-16H2,1-3H3. The number of hydrogen-bond donors (Lipinski definition) is 0. The Morgan fingerprint density at radius 3 is 2.61 bits per heavy atom. The molecule has 0 unspecified atom stereocenters. The lowest BCUT2D eigenvalue weighted by Crippen LogP contribution is -2.28. The molecule has 4 aromatic rings. The van der Waals surface area contributed by atoms with Crippen molar-refractivity contribution in [3.05, 3.63) is 77.3 Å². The molecule has 0 radical (unpaired) electrons. The molecule has 0 aliphatic carbocycles. The van der Waals surface area contributed by atoms with Gasteiger partial charge in [-0.25, -0.2) is 0 Å². The molecule has 6 nitrogen and oxygen atoms in total. The van der Waals surface area contributed by atoms with Crippen molar-refractivity contribution in [1.29, 1.82) is 0 Å². The van der Waals surface area contributed by atoms with Crippen LogP contribution in [0.2, 0.25) is 0 Å². The van der Waals surface area contributed by atoms with Gasteiger partial charge in [-0.15, -0.1) is 10.2 Å². The predicted octanol–water partition coefficient (Wildman–Crippen LogP) is 4.69. The van der Waals surface area contributed by atoms with Crippen LogP contribution in [0.3, 0.4) is 0 Å². The number of rotatable bonds is 8. The summed E-state index contributed by atoms with van der Waals surface area (Å²) in [4.78, 5) is 14.6. The Morgan fingerprint density at radius 1 is 1.10 bits per heavy atom. The van der Waals surface area contributed by atoms with E-state index in [9.17, 15) is 4.79 Å². The summed E-state index contributed by atoms with van der Waals surface area (Å²) < 4.78 is 8.02. The van der Waals surface area contributed by atoms with E-state index in [1.165, 1.54) is 17.3 Å². The average molecular weight is 435 g/mol. The van der Waals surface area contributed by atoms with Crippen molar-refractivity contribution in [2.45, 2.75) is 38.5 Å². The quantitative estimate of drug-likeness (QED) is 0.376. The molecule has 4 rings (SSSR count). The molecule has 0 aliphatic rings. The monoisotopic (exact) mass is 434 g/mol. The van der Waals surface area contributed by atoms with E-state index in [1.807, 2.05) is 54.9 Å². The third-order valence-electron chi connectivity index (χ3n) is 5.33. The van der Waals surface area contributed by atoms with E-state index in [0.717, 1.165) is 39.7 Å². The van der Waals surface area contributed by atoms with Crippen molar-refractivity contribution in [2.24, 2.45) is 0 Å². The van der Waals surface area contributed by atoms with Gasteiger partial charge < -0.3 is 13.9 Å². The Bertz CT molecular complexity index is 1180. The van der Waals surface area contributed by atoms with Gasteiger partial charge in [-0.05, 0) is 18.6 Å². The lowest BCUT2D eigenvalue weighted by Gasteiger charge is -2.17. The topological polar surface area (TPSA) is 64.2 Å². The molecule has 2 heterocycles. The first kappa shape index (κ1) is 21.2. The number of amides is 1. The molecule has 7 heteroatoms. The Balaban J connectivity index is 1.43. The third-order valence-corrected chi connectivity index (χ3v) is 6.29. The highest BCUT2D eigenvalue weighted by Gasteiger charge is 2.19. The summed E-state index contributed by atoms with van der Waals surface area (Å²) in [5.41, 5.74) is 3.13. The van der Waals surface area contributed by atoms with E-state index in [4.69, 9.17) is 4.42 Å². The normalized spacial score (nSPS) is 11.2. The van der Waals surface area contributed by atoms with E-state index >= 15 is 0 Å². The Morgan fingerprint density at radius 2 is 1.84 bits per heavy atom. The number of benzene rings is 2. The molecule has 1 amide bonds. The van der Waals surface area contributed by atoms with Crippen LogP contribution in [0.15, 0.2) is 64.2 Å². The van der Waals surface area contributed by atoms with Crippen LogP contribution in [0.25, 0.3) is 11.0 Å². The van der Waals surface area contributed by atoms with Gasteiger partial charge in [-0.2, -0.15) is 0 Å². The fourth-order valence-electron chi connectivity index (χ4n) is 3.59. The SMILES string of the molecule is CCc1oc2ccccc2c1CN(C)C(=O)CSc1nnc(C)n1Cc1ccccc1. The maximum Gasteiger partial charge on any atom is 0.233 e. The summed E-state index contributed by atoms with van der Waals surface area (Å²) in [5, 5.41) is 10.3. The molecular formula is C24H26N4O2S. The lowest BCUT2D eigenvalue weighted by atomic mass is 10.1. The second-order valence-electron chi connectivity index (χ2n) is 7.49. The Hall–Kier alpha value is -3.06. The first-order valence-corrected chi connectivity index (χ1v) is 11.3. The maximum absolute atomic E-state index is 12.9. The number of hydrogen-bond acceptors (Lipinski definition) is 5. The number of aromatic nitrogens is 3. The van der Waals surface area contributed by atoms with Gasteiger partial charge in [0.2, 0.25) is 5.91 Å². The van der Waals surface area contributed by atoms with Crippen LogP contribution >= 0.6 is 11.8 Å². The van der Waals surface area contributed by atoms with Gasteiger partial charge in [0.15, 0.2) is 5.16 Å². The summed E-state index contributed by atoms with van der Waals surface area (Å²) in [6.45, 7) is 5.22. The highest BCUT2D eigenvalue weighted by Crippen LogP contribution is 2.27. The van der Waals surface area contributed by atoms with Crippen molar-refractivity contribution in [1.82, 2.24) is 19.7 Å². The third kappa shape index (κ3) is 4.66. The number of nitrogens with zero attached hydrogens (tertiary/aromatic N) is 4. The number of aryl methyl sites for hydroxylation is 2. The summed E-state index contributed by atoms with van der Waals surface area (Å²) in [7, 11) is 1.84. The number of thioether (sulfide) groups is 1. The fraction of sp³-hybridized carbons (Fsp3) is 0.292. The Labute approximate surface area is 186 Å². The molecule has 0 aliphatic heterocycles. The molecule has 2 aromatic heterocycles. The van der Waals surface area contributed by atoms with Gasteiger partial charge in [0.05, 0.1) is 12.3 Å². The fourth-order valence-corrected chi connectivity index (χ4v) is 4.51. The zero-order valence-corrected chi connectivity index (χ0v) is 18.9. The highest BCUT2D eigenvalue weighted by molar-refractivity contribution is 7.99. The molecule has 31 heavy (non-hydrogen) atoms. The Kier molecular flexibility index (Phi) is 6.42. The van der Waals surface area contributed by atoms with E-state index in [-0.39, 0.29) is 5.91 Å². The summed E-state index contributed by atoms with van der Waals surface area (Å²) in [6, 6.07) is 18.2. The number of fused-ring (bicyclic) bond motifs is 1. The van der Waals surface area contributed by atoms with E-state index in [1.54, 1.807) is 4.90 Å². The summed E-state index contributed by atoms with van der Waals surface area (Å²) in [5.74, 6) is 2.13. The summed E-state index contributed by atoms with van der Waals surface area (Å²) >= 11 is 1.42. The molecule has 0 fully saturated rings. The van der Waals surface area contributed by atoms with Crippen LogP contribution in [0.1, 0.15) is 29.6 Å². The second kappa shape index (κ2) is 9.39. The van der Waals surface area contributed by atoms with Gasteiger partial charge >= 0.3 is 0 Å². The van der Waals surface area contributed by atoms with Gasteiger partial charge in [0.25, 0.3) is 0 Å². The van der Waals surface area contributed by atoms with E-state index < -0.39 is 0 Å². The molecule has 2 aromatic carbocycles. The van der Waals surface area contributed by atoms with Crippen molar-refractivity contribution in [3.8, 4) is 0 Å². The van der Waals surface area contributed by atoms with E-state index in [0.29, 0.717) is 18.8 Å². The van der Waals surface area contributed by atoms with Crippen LogP contribution in [0.5, 0.6) is 0 Å². The molecule has 0 saturated heterocycles. The minimum Gasteiger partial charge on any atom is -0.461 e. The number of furan rings is 1. The molecule has 160 valence electrons. The molecule has 0 atom stereocenters. The first-order chi connectivity index (χ1) is 15.1. The number of carbonyl (C=O) groups excluding carboxylic acids is 1. The number of para-hydroxylation sites is 1. The van der Waals surface area contributed by atoms with Gasteiger partial charge in [0.1, 0.15) is 17.2 Å². The van der Waals surface area contributed by atoms with Crippen LogP contribution < -0.4 is 0 Å². The average Bonchev–Trinajstić information content (AvgIpc) is 3.33. The van der Waals surface area contributed by atoms with Crippen LogP contribution in [0, 0.1) is 6.92 Å². The lowest BCUT2D eigenvalue weighted by molar-refractivity contribution is -0.127. The van der Waals surface area contributed by atoms with Crippen LogP contribution in [-0.4, -0.2) is 38.4 Å². The maximum atomic E-state index is 12.9. The zero-order chi connectivity index (χ0) is 21.8. The molecular weight excluding hydrogens is 408 g/mol. The van der Waals surface area contributed by atoms with Crippen LogP contribution in [0.4, 0.5) is 0 Å². The highest BCUT2D eigenvalue weighted by atomic mass is 32.2. The smallest absolute Gasteiger partial charge is 0.233 e. The molecule has 0 spiro atoms. The predicted molar refractivity (Wildman–Crippen MR) is 123 cm³/mol. The zero-order valence-electron chi connectivity index (χ0n) is 18.0. The van der Waals surface area contributed by atoms with Gasteiger partial charge in [-0.1, -0.05) is 67.2 Å². The van der Waals surface area contributed by atoms with Crippen molar-refractivity contribution in [3.63, 3.8) is 0 Å². The van der Waals surface area contributed by atoms with Gasteiger partial charge in [-0.3, -0.25) is 4.79 Å². The summed E-state index contributed by atoms with van der Waals surface area (Å²) in [6.07, 6.45) is 0.794. The largest absolute Gasteiger partial charge is 0.461 e. The minimum atomic E-state index is 0.0456. The van der Waals surface area contributed by atoms with Crippen LogP contribution in [-0.2, 0) is 24.3 Å². The molecule has 0 saturated carbocycles. The second-order valence-corrected chi connectivity index (χ2v) is 8.44. The van der Waals surface area contributed by atoms with Crippen molar-refractivity contribution < 1.29 is 9.21 Å². The first-order valence-electron chi connectivity index (χ1n) is 10.4. The molecule has 0 N–H and O–H groups in total. The van der Waals surface area contributed by atoms with Crippen molar-refractivity contribution in [2.75, 3.05) is 12.8 Å². The minimum absolute atomic E-state index is 0.0456.